The summed E-state index contributed by atoms with van der Waals surface area (Å²) in [4.78, 5) is 12.0. The molecular weight excluding hydrogens is 294 g/mol. The van der Waals surface area contributed by atoms with Gasteiger partial charge in [-0.15, -0.1) is 0 Å². The number of halogens is 1. The number of carbonyl (C=O) groups excluding carboxylic acids is 1. The molecule has 0 radical (unpaired) electrons. The third kappa shape index (κ3) is 2.90. The van der Waals surface area contributed by atoms with Crippen molar-refractivity contribution in [1.29, 1.82) is 0 Å². The summed E-state index contributed by atoms with van der Waals surface area (Å²) in [5, 5.41) is 2.84. The van der Waals surface area contributed by atoms with E-state index in [9.17, 15) is 4.79 Å². The predicted octanol–water partition coefficient (Wildman–Crippen LogP) is 3.71. The number of methoxy groups -OCH3 is 1. The minimum atomic E-state index is -0.166. The number of anilines is 1. The van der Waals surface area contributed by atoms with Crippen molar-refractivity contribution in [2.75, 3.05) is 12.4 Å². The molecule has 0 saturated carbocycles. The molecule has 2 rings (SSSR count). The van der Waals surface area contributed by atoms with Crippen molar-refractivity contribution < 1.29 is 9.53 Å². The van der Waals surface area contributed by atoms with Crippen LogP contribution in [-0.4, -0.2) is 13.0 Å². The maximum atomic E-state index is 12.0. The van der Waals surface area contributed by atoms with Crippen molar-refractivity contribution in [1.82, 2.24) is 0 Å². The molecule has 92 valence electrons. The zero-order chi connectivity index (χ0) is 13.0. The Labute approximate surface area is 114 Å². The normalized spacial score (nSPS) is 9.89. The zero-order valence-electron chi connectivity index (χ0n) is 9.81. The molecule has 0 unspecified atom stereocenters. The van der Waals surface area contributed by atoms with Crippen molar-refractivity contribution >= 4 is 27.5 Å². The highest BCUT2D eigenvalue weighted by atomic mass is 79.9. The van der Waals surface area contributed by atoms with Gasteiger partial charge in [-0.3, -0.25) is 4.79 Å². The Bertz CT molecular complexity index is 569. The van der Waals surface area contributed by atoms with E-state index in [2.05, 4.69) is 21.2 Å². The Morgan fingerprint density at radius 2 is 1.94 bits per heavy atom. The third-order valence-corrected chi connectivity index (χ3v) is 3.15. The molecule has 18 heavy (non-hydrogen) atoms. The van der Waals surface area contributed by atoms with E-state index in [1.54, 1.807) is 31.4 Å². The molecule has 0 heterocycles. The molecule has 0 bridgehead atoms. The third-order valence-electron chi connectivity index (χ3n) is 2.45. The fraction of sp³-hybridized carbons (Fsp3) is 0.0714. The van der Waals surface area contributed by atoms with Crippen LogP contribution in [-0.2, 0) is 0 Å². The lowest BCUT2D eigenvalue weighted by atomic mass is 10.2. The molecule has 0 aliphatic rings. The van der Waals surface area contributed by atoms with E-state index in [1.165, 1.54) is 0 Å². The van der Waals surface area contributed by atoms with Crippen LogP contribution < -0.4 is 10.1 Å². The fourth-order valence-electron chi connectivity index (χ4n) is 1.52. The lowest BCUT2D eigenvalue weighted by Crippen LogP contribution is -2.12. The summed E-state index contributed by atoms with van der Waals surface area (Å²) in [6, 6.07) is 14.5. The molecule has 0 fully saturated rings. The zero-order valence-corrected chi connectivity index (χ0v) is 11.4. The van der Waals surface area contributed by atoms with Crippen molar-refractivity contribution in [3.8, 4) is 5.75 Å². The first-order valence-electron chi connectivity index (χ1n) is 5.40. The van der Waals surface area contributed by atoms with Gasteiger partial charge in [0.1, 0.15) is 5.75 Å². The molecule has 1 N–H and O–H groups in total. The average molecular weight is 306 g/mol. The molecule has 0 spiro atoms. The van der Waals surface area contributed by atoms with Crippen LogP contribution in [0.5, 0.6) is 5.75 Å². The summed E-state index contributed by atoms with van der Waals surface area (Å²) < 4.78 is 5.94. The van der Waals surface area contributed by atoms with Crippen LogP contribution in [0.3, 0.4) is 0 Å². The van der Waals surface area contributed by atoms with E-state index in [4.69, 9.17) is 4.74 Å². The number of nitrogens with one attached hydrogen (secondary N) is 1. The molecule has 0 aliphatic carbocycles. The van der Waals surface area contributed by atoms with Crippen LogP contribution in [0.4, 0.5) is 5.69 Å². The van der Waals surface area contributed by atoms with Gasteiger partial charge in [-0.1, -0.05) is 18.2 Å². The average Bonchev–Trinajstić information content (AvgIpc) is 2.41. The molecule has 2 aromatic rings. The molecule has 0 aliphatic heterocycles. The summed E-state index contributed by atoms with van der Waals surface area (Å²) in [7, 11) is 1.57. The number of amides is 1. The second kappa shape index (κ2) is 5.69. The van der Waals surface area contributed by atoms with Gasteiger partial charge in [-0.25, -0.2) is 0 Å². The number of ether oxygens (including phenoxy) is 1. The first-order valence-corrected chi connectivity index (χ1v) is 6.20. The predicted molar refractivity (Wildman–Crippen MR) is 75.1 cm³/mol. The first-order chi connectivity index (χ1) is 8.70. The second-order valence-corrected chi connectivity index (χ2v) is 4.52. The molecule has 0 saturated heterocycles. The number of para-hydroxylation sites is 1. The van der Waals surface area contributed by atoms with Gasteiger partial charge in [0.15, 0.2) is 0 Å². The standard InChI is InChI=1S/C14H12BrNO2/c1-18-11-6-4-5-10(9-11)14(17)16-13-8-3-2-7-12(13)15/h2-9H,1H3,(H,16,17). The molecule has 3 nitrogen and oxygen atoms in total. The van der Waals surface area contributed by atoms with Gasteiger partial charge in [0.05, 0.1) is 12.8 Å². The summed E-state index contributed by atoms with van der Waals surface area (Å²) >= 11 is 3.39. The molecule has 0 aromatic heterocycles. The summed E-state index contributed by atoms with van der Waals surface area (Å²) in [6.07, 6.45) is 0. The van der Waals surface area contributed by atoms with Crippen LogP contribution in [0.15, 0.2) is 53.0 Å². The van der Waals surface area contributed by atoms with Gasteiger partial charge >= 0.3 is 0 Å². The second-order valence-electron chi connectivity index (χ2n) is 3.67. The number of hydrogen-bond donors (Lipinski definition) is 1. The quantitative estimate of drug-likeness (QED) is 0.939. The lowest BCUT2D eigenvalue weighted by molar-refractivity contribution is 0.102. The van der Waals surface area contributed by atoms with Crippen LogP contribution >= 0.6 is 15.9 Å². The van der Waals surface area contributed by atoms with Crippen LogP contribution in [0.25, 0.3) is 0 Å². The maximum Gasteiger partial charge on any atom is 0.255 e. The first kappa shape index (κ1) is 12.6. The largest absolute Gasteiger partial charge is 0.497 e. The Morgan fingerprint density at radius 1 is 1.17 bits per heavy atom. The van der Waals surface area contributed by atoms with Crippen molar-refractivity contribution in [3.63, 3.8) is 0 Å². The van der Waals surface area contributed by atoms with E-state index >= 15 is 0 Å². The van der Waals surface area contributed by atoms with Gasteiger partial charge in [0.25, 0.3) is 5.91 Å². The van der Waals surface area contributed by atoms with E-state index in [1.807, 2.05) is 24.3 Å². The highest BCUT2D eigenvalue weighted by Gasteiger charge is 2.08. The SMILES string of the molecule is COc1cccc(C(=O)Nc2ccccc2Br)c1. The van der Waals surface area contributed by atoms with Crippen LogP contribution in [0.2, 0.25) is 0 Å². The molecular formula is C14H12BrNO2. The Hall–Kier alpha value is -1.81. The summed E-state index contributed by atoms with van der Waals surface area (Å²) in [6.45, 7) is 0. The van der Waals surface area contributed by atoms with E-state index in [0.29, 0.717) is 11.3 Å². The molecule has 1 amide bonds. The molecule has 0 atom stereocenters. The van der Waals surface area contributed by atoms with Crippen molar-refractivity contribution in [2.24, 2.45) is 0 Å². The number of carbonyl (C=O) groups is 1. The van der Waals surface area contributed by atoms with E-state index in [-0.39, 0.29) is 5.91 Å². The Balaban J connectivity index is 2.19. The van der Waals surface area contributed by atoms with Crippen LogP contribution in [0.1, 0.15) is 10.4 Å². The highest BCUT2D eigenvalue weighted by Crippen LogP contribution is 2.22. The molecule has 4 heteroatoms. The number of benzene rings is 2. The lowest BCUT2D eigenvalue weighted by Gasteiger charge is -2.08. The van der Waals surface area contributed by atoms with Crippen molar-refractivity contribution in [3.05, 3.63) is 58.6 Å². The highest BCUT2D eigenvalue weighted by molar-refractivity contribution is 9.10. The minimum absolute atomic E-state index is 0.166. The van der Waals surface area contributed by atoms with Gasteiger partial charge in [-0.2, -0.15) is 0 Å². The van der Waals surface area contributed by atoms with E-state index in [0.717, 1.165) is 10.2 Å². The van der Waals surface area contributed by atoms with Gasteiger partial charge in [0, 0.05) is 10.0 Å². The maximum absolute atomic E-state index is 12.0. The summed E-state index contributed by atoms with van der Waals surface area (Å²) in [5.41, 5.74) is 1.30. The van der Waals surface area contributed by atoms with Gasteiger partial charge in [-0.05, 0) is 46.3 Å². The number of hydrogen-bond acceptors (Lipinski definition) is 2. The fourth-order valence-corrected chi connectivity index (χ4v) is 1.91. The Morgan fingerprint density at radius 3 is 2.67 bits per heavy atom. The minimum Gasteiger partial charge on any atom is -0.497 e. The van der Waals surface area contributed by atoms with E-state index < -0.39 is 0 Å². The van der Waals surface area contributed by atoms with Crippen LogP contribution in [0, 0.1) is 0 Å². The van der Waals surface area contributed by atoms with Gasteiger partial charge < -0.3 is 10.1 Å². The monoisotopic (exact) mass is 305 g/mol. The topological polar surface area (TPSA) is 38.3 Å². The Kier molecular flexibility index (Phi) is 3.99. The summed E-state index contributed by atoms with van der Waals surface area (Å²) in [5.74, 6) is 0.496. The number of rotatable bonds is 3. The smallest absolute Gasteiger partial charge is 0.255 e. The van der Waals surface area contributed by atoms with Gasteiger partial charge in [0.2, 0.25) is 0 Å². The van der Waals surface area contributed by atoms with Crippen molar-refractivity contribution in [2.45, 2.75) is 0 Å². The molecule has 2 aromatic carbocycles.